The largest absolute Gasteiger partial charge is 0.390 e. The summed E-state index contributed by atoms with van der Waals surface area (Å²) in [6.07, 6.45) is 10.6. The average Bonchev–Trinajstić information content (AvgIpc) is 3.43. The molecule has 31 heavy (non-hydrogen) atoms. The summed E-state index contributed by atoms with van der Waals surface area (Å²) in [6.45, 7) is 1.35. The van der Waals surface area contributed by atoms with E-state index in [-0.39, 0.29) is 18.0 Å². The zero-order valence-electron chi connectivity index (χ0n) is 17.4. The van der Waals surface area contributed by atoms with E-state index >= 15 is 0 Å². The molecule has 2 aromatic heterocycles. The third-order valence-corrected chi connectivity index (χ3v) is 7.54. The summed E-state index contributed by atoms with van der Waals surface area (Å²) < 4.78 is 7.02. The highest BCUT2D eigenvalue weighted by Gasteiger charge is 2.55. The lowest BCUT2D eigenvalue weighted by Crippen LogP contribution is -2.61. The van der Waals surface area contributed by atoms with Crippen molar-refractivity contribution in [3.8, 4) is 5.82 Å². The van der Waals surface area contributed by atoms with Crippen molar-refractivity contribution in [1.82, 2.24) is 25.1 Å². The van der Waals surface area contributed by atoms with E-state index in [9.17, 15) is 9.90 Å². The van der Waals surface area contributed by atoms with Crippen molar-refractivity contribution in [2.24, 2.45) is 17.8 Å². The van der Waals surface area contributed by atoms with Gasteiger partial charge in [-0.3, -0.25) is 4.79 Å². The molecule has 5 fully saturated rings. The second-order valence-electron chi connectivity index (χ2n) is 9.78. The Balaban J connectivity index is 1.25. The van der Waals surface area contributed by atoms with Gasteiger partial charge in [0.15, 0.2) is 5.82 Å². The molecule has 2 aromatic rings. The summed E-state index contributed by atoms with van der Waals surface area (Å²) in [5.74, 6) is 2.04. The minimum atomic E-state index is -0.516. The van der Waals surface area contributed by atoms with Crippen LogP contribution >= 0.6 is 0 Å². The van der Waals surface area contributed by atoms with E-state index in [4.69, 9.17) is 4.74 Å². The number of anilines is 1. The maximum Gasteiger partial charge on any atom is 0.256 e. The van der Waals surface area contributed by atoms with Crippen molar-refractivity contribution in [2.75, 3.05) is 18.5 Å². The van der Waals surface area contributed by atoms with Gasteiger partial charge in [-0.2, -0.15) is 10.1 Å². The molecule has 1 saturated heterocycles. The molecular weight excluding hydrogens is 396 g/mol. The van der Waals surface area contributed by atoms with E-state index in [2.05, 4.69) is 25.7 Å². The van der Waals surface area contributed by atoms with Crippen LogP contribution in [0.5, 0.6) is 0 Å². The highest BCUT2D eigenvalue weighted by molar-refractivity contribution is 5.97. The lowest BCUT2D eigenvalue weighted by Gasteiger charge is -2.58. The van der Waals surface area contributed by atoms with Gasteiger partial charge < -0.3 is 20.5 Å². The molecule has 4 aliphatic carbocycles. The molecular formula is C22H28N6O3. The second-order valence-corrected chi connectivity index (χ2v) is 9.78. The molecule has 0 radical (unpaired) electrons. The lowest BCUT2D eigenvalue weighted by molar-refractivity contribution is -0.136. The number of nitrogens with one attached hydrogen (secondary N) is 2. The van der Waals surface area contributed by atoms with Gasteiger partial charge in [-0.25, -0.2) is 9.67 Å². The Morgan fingerprint density at radius 2 is 2.10 bits per heavy atom. The standard InChI is InChI=1S/C22H28N6O3/c29-20(26-18-14-6-13-7-15(18)10-22(30,8-13)9-14)17-11-23-21(25-16-2-5-31-12-16)27-19(17)28-4-1-3-24-28/h1,3-4,11,13-16,18,30H,2,5-10,12H2,(H,26,29)(H,23,25,27)/t13?,14?,15?,16-,18?,22?/m0/s1. The number of nitrogens with zero attached hydrogens (tertiary/aromatic N) is 4. The molecule has 9 nitrogen and oxygen atoms in total. The van der Waals surface area contributed by atoms with Crippen LogP contribution in [0.25, 0.3) is 5.82 Å². The summed E-state index contributed by atoms with van der Waals surface area (Å²) in [7, 11) is 0. The normalized spacial score (nSPS) is 36.0. The summed E-state index contributed by atoms with van der Waals surface area (Å²) >= 11 is 0. The van der Waals surface area contributed by atoms with Crippen molar-refractivity contribution in [3.05, 3.63) is 30.2 Å². The Morgan fingerprint density at radius 3 is 2.77 bits per heavy atom. The van der Waals surface area contributed by atoms with Crippen molar-refractivity contribution in [3.63, 3.8) is 0 Å². The van der Waals surface area contributed by atoms with E-state index in [1.807, 2.05) is 0 Å². The van der Waals surface area contributed by atoms with E-state index in [1.165, 1.54) is 0 Å². The van der Waals surface area contributed by atoms with Gasteiger partial charge in [-0.1, -0.05) is 0 Å². The maximum atomic E-state index is 13.4. The highest BCUT2D eigenvalue weighted by atomic mass is 16.5. The predicted octanol–water partition coefficient (Wildman–Crippen LogP) is 1.53. The monoisotopic (exact) mass is 424 g/mol. The van der Waals surface area contributed by atoms with Crippen LogP contribution in [0.3, 0.4) is 0 Å². The SMILES string of the molecule is O=C(NC1C2CC3CC1CC(O)(C3)C2)c1cnc(N[C@H]2CCOC2)nc1-n1cccn1. The van der Waals surface area contributed by atoms with Gasteiger partial charge in [0.2, 0.25) is 5.95 Å². The molecule has 5 aliphatic rings. The smallest absolute Gasteiger partial charge is 0.256 e. The first-order chi connectivity index (χ1) is 15.1. The molecule has 3 atom stereocenters. The molecule has 3 N–H and O–H groups in total. The van der Waals surface area contributed by atoms with Gasteiger partial charge in [-0.15, -0.1) is 0 Å². The van der Waals surface area contributed by atoms with Gasteiger partial charge in [0.25, 0.3) is 5.91 Å². The van der Waals surface area contributed by atoms with Crippen LogP contribution in [-0.2, 0) is 4.74 Å². The van der Waals surface area contributed by atoms with Crippen LogP contribution in [0, 0.1) is 17.8 Å². The van der Waals surface area contributed by atoms with Gasteiger partial charge in [-0.05, 0) is 62.3 Å². The molecule has 1 aliphatic heterocycles. The predicted molar refractivity (Wildman–Crippen MR) is 112 cm³/mol. The quantitative estimate of drug-likeness (QED) is 0.667. The molecule has 2 unspecified atom stereocenters. The van der Waals surface area contributed by atoms with Crippen molar-refractivity contribution < 1.29 is 14.6 Å². The Labute approximate surface area is 180 Å². The van der Waals surface area contributed by atoms with Gasteiger partial charge in [0, 0.05) is 31.2 Å². The molecule has 1 amide bonds. The van der Waals surface area contributed by atoms with Crippen LogP contribution in [0.1, 0.15) is 48.9 Å². The molecule has 9 heteroatoms. The number of hydrogen-bond acceptors (Lipinski definition) is 7. The van der Waals surface area contributed by atoms with Crippen LogP contribution in [-0.4, -0.2) is 61.7 Å². The van der Waals surface area contributed by atoms with Crippen LogP contribution < -0.4 is 10.6 Å². The van der Waals surface area contributed by atoms with Crippen molar-refractivity contribution >= 4 is 11.9 Å². The number of hydrogen-bond donors (Lipinski definition) is 3. The molecule has 4 bridgehead atoms. The van der Waals surface area contributed by atoms with Gasteiger partial charge in [0.1, 0.15) is 5.56 Å². The molecule has 0 aromatic carbocycles. The first kappa shape index (κ1) is 19.2. The van der Waals surface area contributed by atoms with Gasteiger partial charge >= 0.3 is 0 Å². The summed E-state index contributed by atoms with van der Waals surface area (Å²) in [5, 5.41) is 21.7. The maximum absolute atomic E-state index is 13.4. The first-order valence-electron chi connectivity index (χ1n) is 11.3. The zero-order valence-corrected chi connectivity index (χ0v) is 17.4. The average molecular weight is 425 g/mol. The fraction of sp³-hybridized carbons (Fsp3) is 0.636. The van der Waals surface area contributed by atoms with Crippen molar-refractivity contribution in [2.45, 2.75) is 56.2 Å². The van der Waals surface area contributed by atoms with E-state index < -0.39 is 5.60 Å². The number of amides is 1. The number of rotatable bonds is 5. The van der Waals surface area contributed by atoms with Crippen LogP contribution in [0.15, 0.2) is 24.7 Å². The van der Waals surface area contributed by atoms with Gasteiger partial charge in [0.05, 0.1) is 18.2 Å². The number of ether oxygens (including phenoxy) is 1. The highest BCUT2D eigenvalue weighted by Crippen LogP contribution is 2.55. The molecule has 164 valence electrons. The molecule has 3 heterocycles. The summed E-state index contributed by atoms with van der Waals surface area (Å²) in [5.41, 5.74) is -0.109. The fourth-order valence-corrected chi connectivity index (χ4v) is 6.45. The first-order valence-corrected chi connectivity index (χ1v) is 11.3. The summed E-state index contributed by atoms with van der Waals surface area (Å²) in [6, 6.07) is 2.08. The second kappa shape index (κ2) is 7.27. The van der Waals surface area contributed by atoms with E-state index in [0.29, 0.717) is 41.7 Å². The molecule has 0 spiro atoms. The molecule has 7 rings (SSSR count). The number of aromatic nitrogens is 4. The minimum absolute atomic E-state index is 0.100. The van der Waals surface area contributed by atoms with E-state index in [1.54, 1.807) is 29.3 Å². The number of aliphatic hydroxyl groups is 1. The van der Waals surface area contributed by atoms with Crippen molar-refractivity contribution in [1.29, 1.82) is 0 Å². The number of carbonyl (C=O) groups excluding carboxylic acids is 1. The topological polar surface area (TPSA) is 114 Å². The number of carbonyl (C=O) groups is 1. The van der Waals surface area contributed by atoms with Crippen LogP contribution in [0.2, 0.25) is 0 Å². The summed E-state index contributed by atoms with van der Waals surface area (Å²) in [4.78, 5) is 22.4. The Kier molecular flexibility index (Phi) is 4.50. The Bertz CT molecular complexity index is 958. The lowest BCUT2D eigenvalue weighted by atomic mass is 9.52. The minimum Gasteiger partial charge on any atom is -0.390 e. The molecule has 4 saturated carbocycles. The van der Waals surface area contributed by atoms with Crippen LogP contribution in [0.4, 0.5) is 5.95 Å². The Morgan fingerprint density at radius 1 is 1.26 bits per heavy atom. The third-order valence-electron chi connectivity index (χ3n) is 7.54. The van der Waals surface area contributed by atoms with E-state index in [0.717, 1.165) is 45.1 Å². The zero-order chi connectivity index (χ0) is 21.0. The Hall–Kier alpha value is -2.52. The third kappa shape index (κ3) is 3.49. The fourth-order valence-electron chi connectivity index (χ4n) is 6.45.